The van der Waals surface area contributed by atoms with Crippen molar-refractivity contribution in [3.8, 4) is 34.8 Å². The van der Waals surface area contributed by atoms with Crippen molar-refractivity contribution in [3.05, 3.63) is 271 Å². The van der Waals surface area contributed by atoms with Crippen LogP contribution in [0.4, 0.5) is 0 Å². The van der Waals surface area contributed by atoms with E-state index < -0.39 is 0 Å². The van der Waals surface area contributed by atoms with Gasteiger partial charge in [-0.05, 0) is 163 Å². The summed E-state index contributed by atoms with van der Waals surface area (Å²) in [5, 5.41) is 0. The van der Waals surface area contributed by atoms with Crippen LogP contribution in [-0.4, -0.2) is 0 Å². The molecule has 0 N–H and O–H groups in total. The Bertz CT molecular complexity index is 3310. The van der Waals surface area contributed by atoms with Crippen LogP contribution in [0, 0.1) is 23.7 Å². The number of rotatable bonds is 16. The van der Waals surface area contributed by atoms with Crippen molar-refractivity contribution < 1.29 is 0 Å². The van der Waals surface area contributed by atoms with Gasteiger partial charge in [0.1, 0.15) is 0 Å². The van der Waals surface area contributed by atoms with Crippen LogP contribution in [0.3, 0.4) is 0 Å². The van der Waals surface area contributed by atoms with Gasteiger partial charge in [0.25, 0.3) is 0 Å². The molecule has 0 aliphatic heterocycles. The van der Waals surface area contributed by atoms with Crippen molar-refractivity contribution in [2.45, 2.75) is 109 Å². The van der Waals surface area contributed by atoms with Crippen LogP contribution in [-0.2, 0) is 5.41 Å². The third kappa shape index (κ3) is 11.5. The second kappa shape index (κ2) is 24.2. The monoisotopic (exact) mass is 995 g/mol. The SMILES string of the molecule is CCCCCCCCC1(CCCCCCCC)c2cc(C#Cc3ccc(C=C4c5ccccc5C=Cc5ccccc54)cc3)ccc2-c2ccc(C#Cc3ccc(C=C4c5ccccc5C=Cc5ccccc54)cc3)cc21. The molecule has 8 aromatic carbocycles. The molecule has 0 heteroatoms. The molecule has 378 valence electrons. The predicted molar refractivity (Wildman–Crippen MR) is 331 cm³/mol. The van der Waals surface area contributed by atoms with E-state index in [9.17, 15) is 0 Å². The Morgan fingerprint density at radius 3 is 0.987 bits per heavy atom. The zero-order valence-electron chi connectivity index (χ0n) is 45.2. The van der Waals surface area contributed by atoms with Crippen LogP contribution >= 0.6 is 0 Å². The zero-order chi connectivity index (χ0) is 52.2. The van der Waals surface area contributed by atoms with Crippen LogP contribution in [0.1, 0.15) is 193 Å². The van der Waals surface area contributed by atoms with Crippen molar-refractivity contribution in [3.63, 3.8) is 0 Å². The fraction of sp³-hybridized carbons (Fsp3) is 0.221. The van der Waals surface area contributed by atoms with Crippen molar-refractivity contribution >= 4 is 47.6 Å². The summed E-state index contributed by atoms with van der Waals surface area (Å²) >= 11 is 0. The molecule has 0 saturated heterocycles. The van der Waals surface area contributed by atoms with Gasteiger partial charge in [0, 0.05) is 27.7 Å². The van der Waals surface area contributed by atoms with Crippen LogP contribution in [0.5, 0.6) is 0 Å². The van der Waals surface area contributed by atoms with Gasteiger partial charge in [0.15, 0.2) is 0 Å². The average molecular weight is 995 g/mol. The first-order valence-electron chi connectivity index (χ1n) is 28.8. The minimum absolute atomic E-state index is 0.0879. The van der Waals surface area contributed by atoms with Gasteiger partial charge in [-0.3, -0.25) is 0 Å². The smallest absolute Gasteiger partial charge is 0.0252 e. The summed E-state index contributed by atoms with van der Waals surface area (Å²) in [6, 6.07) is 66.6. The molecular weight excluding hydrogens is 925 g/mol. The summed E-state index contributed by atoms with van der Waals surface area (Å²) in [5.74, 6) is 14.5. The molecule has 0 saturated carbocycles. The summed E-state index contributed by atoms with van der Waals surface area (Å²) in [5.41, 5.74) is 24.6. The van der Waals surface area contributed by atoms with Crippen LogP contribution < -0.4 is 0 Å². The van der Waals surface area contributed by atoms with Crippen molar-refractivity contribution in [2.24, 2.45) is 0 Å². The van der Waals surface area contributed by atoms with Crippen LogP contribution in [0.15, 0.2) is 182 Å². The highest BCUT2D eigenvalue weighted by molar-refractivity contribution is 6.01. The molecule has 0 aromatic heterocycles. The molecule has 3 aliphatic carbocycles. The van der Waals surface area contributed by atoms with Gasteiger partial charge in [-0.25, -0.2) is 0 Å². The molecule has 0 unspecified atom stereocenters. The molecule has 0 spiro atoms. The fourth-order valence-electron chi connectivity index (χ4n) is 12.2. The van der Waals surface area contributed by atoms with Gasteiger partial charge >= 0.3 is 0 Å². The second-order valence-corrected chi connectivity index (χ2v) is 21.5. The van der Waals surface area contributed by atoms with E-state index in [1.807, 2.05) is 0 Å². The van der Waals surface area contributed by atoms with E-state index in [4.69, 9.17) is 0 Å². The Hall–Kier alpha value is -8.16. The molecular formula is C77H70. The topological polar surface area (TPSA) is 0 Å². The first-order valence-corrected chi connectivity index (χ1v) is 28.8. The first-order chi connectivity index (χ1) is 38.1. The highest BCUT2D eigenvalue weighted by Gasteiger charge is 2.42. The molecule has 3 aliphatic rings. The average Bonchev–Trinajstić information content (AvgIpc) is 3.77. The molecule has 77 heavy (non-hydrogen) atoms. The Labute approximate surface area is 460 Å². The third-order valence-electron chi connectivity index (χ3n) is 16.3. The molecule has 0 atom stereocenters. The summed E-state index contributed by atoms with van der Waals surface area (Å²) in [7, 11) is 0. The van der Waals surface area contributed by atoms with E-state index in [1.165, 1.54) is 155 Å². The van der Waals surface area contributed by atoms with Gasteiger partial charge in [0.05, 0.1) is 0 Å². The third-order valence-corrected chi connectivity index (χ3v) is 16.3. The Morgan fingerprint density at radius 1 is 0.312 bits per heavy atom. The summed E-state index contributed by atoms with van der Waals surface area (Å²) < 4.78 is 0. The number of hydrogen-bond acceptors (Lipinski definition) is 0. The maximum absolute atomic E-state index is 3.66. The molecule has 0 nitrogen and oxygen atoms in total. The molecule has 0 amide bonds. The minimum Gasteiger partial charge on any atom is -0.0654 e. The number of benzene rings is 8. The normalized spacial score (nSPS) is 13.0. The maximum atomic E-state index is 3.66. The van der Waals surface area contributed by atoms with Crippen molar-refractivity contribution in [2.75, 3.05) is 0 Å². The van der Waals surface area contributed by atoms with Crippen LogP contribution in [0.2, 0.25) is 0 Å². The molecule has 0 bridgehead atoms. The Morgan fingerprint density at radius 2 is 0.623 bits per heavy atom. The van der Waals surface area contributed by atoms with Gasteiger partial charge in [0.2, 0.25) is 0 Å². The highest BCUT2D eigenvalue weighted by Crippen LogP contribution is 2.55. The van der Waals surface area contributed by atoms with Gasteiger partial charge < -0.3 is 0 Å². The molecule has 11 rings (SSSR count). The quantitative estimate of drug-likeness (QED) is 0.0668. The van der Waals surface area contributed by atoms with Gasteiger partial charge in [-0.15, -0.1) is 0 Å². The van der Waals surface area contributed by atoms with Crippen molar-refractivity contribution in [1.82, 2.24) is 0 Å². The lowest BCUT2D eigenvalue weighted by molar-refractivity contribution is 0.397. The number of hydrogen-bond donors (Lipinski definition) is 0. The van der Waals surface area contributed by atoms with Crippen molar-refractivity contribution in [1.29, 1.82) is 0 Å². The molecule has 8 aromatic rings. The summed E-state index contributed by atoms with van der Waals surface area (Å²) in [6.45, 7) is 4.63. The number of fused-ring (bicyclic) bond motifs is 7. The minimum atomic E-state index is -0.0879. The van der Waals surface area contributed by atoms with E-state index in [2.05, 4.69) is 256 Å². The molecule has 0 radical (unpaired) electrons. The largest absolute Gasteiger partial charge is 0.0654 e. The fourth-order valence-corrected chi connectivity index (χ4v) is 12.2. The zero-order valence-corrected chi connectivity index (χ0v) is 45.2. The lowest BCUT2D eigenvalue weighted by Crippen LogP contribution is -2.26. The Kier molecular flexibility index (Phi) is 16.0. The summed E-state index contributed by atoms with van der Waals surface area (Å²) in [6.07, 6.45) is 31.3. The highest BCUT2D eigenvalue weighted by atomic mass is 14.4. The lowest BCUT2D eigenvalue weighted by atomic mass is 9.70. The van der Waals surface area contributed by atoms with E-state index in [0.29, 0.717) is 0 Å². The Balaban J connectivity index is 0.895. The van der Waals surface area contributed by atoms with E-state index in [-0.39, 0.29) is 5.41 Å². The molecule has 0 heterocycles. The van der Waals surface area contributed by atoms with E-state index in [0.717, 1.165) is 46.2 Å². The van der Waals surface area contributed by atoms with E-state index >= 15 is 0 Å². The first kappa shape index (κ1) is 51.0. The van der Waals surface area contributed by atoms with E-state index in [1.54, 1.807) is 0 Å². The van der Waals surface area contributed by atoms with Gasteiger partial charge in [-0.1, -0.05) is 272 Å². The maximum Gasteiger partial charge on any atom is 0.0252 e. The summed E-state index contributed by atoms with van der Waals surface area (Å²) in [4.78, 5) is 0. The second-order valence-electron chi connectivity index (χ2n) is 21.5. The lowest BCUT2D eigenvalue weighted by Gasteiger charge is -2.33. The predicted octanol–water partition coefficient (Wildman–Crippen LogP) is 20.4. The standard InChI is InChI=1S/C77H70/c1-3-5-7-9-11-21-51-77(52-22-12-10-8-6-4-2)75-55-61(41-35-57-31-37-59(38-32-57)53-73-67-27-17-13-23-63(67)45-46-64-24-14-18-28-68(64)73)43-49-71(75)72-50-44-62(56-76(72)77)42-36-58-33-39-60(40-34-58)54-74-69-29-19-15-25-65(69)47-48-66-26-16-20-30-70(66)74/h13-20,23-34,37-40,43-50,53-56H,3-12,21-22,51-52H2,1-2H3. The molecule has 0 fully saturated rings. The van der Waals surface area contributed by atoms with Crippen LogP contribution in [0.25, 0.3) is 58.7 Å². The number of unbranched alkanes of at least 4 members (excludes halogenated alkanes) is 10. The van der Waals surface area contributed by atoms with Gasteiger partial charge in [-0.2, -0.15) is 0 Å².